The summed E-state index contributed by atoms with van der Waals surface area (Å²) in [6, 6.07) is 0. The lowest BCUT2D eigenvalue weighted by atomic mass is 10.1. The van der Waals surface area contributed by atoms with E-state index in [9.17, 15) is 4.79 Å². The first-order chi connectivity index (χ1) is 6.68. The smallest absolute Gasteiger partial charge is 0.391 e. The van der Waals surface area contributed by atoms with Crippen LogP contribution < -0.4 is 5.32 Å². The summed E-state index contributed by atoms with van der Waals surface area (Å²) in [6.45, 7) is 0. The summed E-state index contributed by atoms with van der Waals surface area (Å²) in [5, 5.41) is 14.5. The summed E-state index contributed by atoms with van der Waals surface area (Å²) in [5.41, 5.74) is 1.86. The number of aryl methyl sites for hydroxylation is 1. The Balaban J connectivity index is 2.46. The van der Waals surface area contributed by atoms with Crippen LogP contribution >= 0.6 is 0 Å². The van der Waals surface area contributed by atoms with Gasteiger partial charge in [0.1, 0.15) is 0 Å². The van der Waals surface area contributed by atoms with Crippen LogP contribution in [0.4, 0.5) is 0 Å². The molecule has 0 amide bonds. The lowest BCUT2D eigenvalue weighted by Gasteiger charge is -1.94. The Labute approximate surface area is 80.3 Å². The molecule has 0 aromatic carbocycles. The first kappa shape index (κ1) is 8.71. The molecular weight excluding hydrogens is 182 g/mol. The molecular formula is C9H10N3O2+. The molecule has 14 heavy (non-hydrogen) atoms. The van der Waals surface area contributed by atoms with Gasteiger partial charge in [-0.2, -0.15) is 5.10 Å². The molecule has 72 valence electrons. The Morgan fingerprint density at radius 2 is 2.43 bits per heavy atom. The van der Waals surface area contributed by atoms with E-state index >= 15 is 0 Å². The van der Waals surface area contributed by atoms with E-state index in [1.54, 1.807) is 41.7 Å². The fourth-order valence-corrected chi connectivity index (χ4v) is 1.42. The van der Waals surface area contributed by atoms with E-state index < -0.39 is 5.97 Å². The SMILES string of the molecule is Cn1cc(C2=C(C(=O)O)[NH2+]C=C2)cn1. The highest BCUT2D eigenvalue weighted by molar-refractivity contribution is 5.97. The molecule has 2 heterocycles. The third-order valence-corrected chi connectivity index (χ3v) is 2.06. The van der Waals surface area contributed by atoms with Gasteiger partial charge in [-0.05, 0) is 0 Å². The molecule has 0 aliphatic carbocycles. The quantitative estimate of drug-likeness (QED) is 0.651. The van der Waals surface area contributed by atoms with Gasteiger partial charge in [0.15, 0.2) is 0 Å². The second kappa shape index (κ2) is 3.12. The number of carbonyl (C=O) groups is 1. The van der Waals surface area contributed by atoms with Crippen molar-refractivity contribution >= 4 is 11.5 Å². The molecule has 1 aliphatic rings. The van der Waals surface area contributed by atoms with Crippen molar-refractivity contribution in [2.75, 3.05) is 0 Å². The van der Waals surface area contributed by atoms with Crippen LogP contribution in [0.3, 0.4) is 0 Å². The minimum absolute atomic E-state index is 0.318. The molecule has 1 aromatic rings. The van der Waals surface area contributed by atoms with Crippen LogP contribution in [0.5, 0.6) is 0 Å². The molecule has 2 rings (SSSR count). The molecule has 0 saturated heterocycles. The average molecular weight is 192 g/mol. The lowest BCUT2D eigenvalue weighted by molar-refractivity contribution is -0.525. The van der Waals surface area contributed by atoms with Gasteiger partial charge in [0.2, 0.25) is 5.70 Å². The van der Waals surface area contributed by atoms with Crippen molar-refractivity contribution in [1.29, 1.82) is 0 Å². The molecule has 0 spiro atoms. The normalized spacial score (nSPS) is 15.2. The number of hydrogen-bond donors (Lipinski definition) is 2. The van der Waals surface area contributed by atoms with Crippen LogP contribution in [0.1, 0.15) is 5.56 Å². The molecule has 1 aliphatic heterocycles. The molecule has 0 unspecified atom stereocenters. The monoisotopic (exact) mass is 192 g/mol. The first-order valence-corrected chi connectivity index (χ1v) is 4.16. The number of nitrogens with zero attached hydrogens (tertiary/aromatic N) is 2. The summed E-state index contributed by atoms with van der Waals surface area (Å²) in [7, 11) is 1.80. The standard InChI is InChI=1S/C9H9N3O2/c1-12-5-6(4-11-12)7-2-3-10-8(7)9(13)14/h2-5,10H,1H3,(H,13,14)/p+1. The van der Waals surface area contributed by atoms with Crippen LogP contribution in [0.15, 0.2) is 30.4 Å². The largest absolute Gasteiger partial charge is 0.474 e. The third-order valence-electron chi connectivity index (χ3n) is 2.06. The topological polar surface area (TPSA) is 71.7 Å². The maximum Gasteiger partial charge on any atom is 0.391 e. The maximum absolute atomic E-state index is 10.8. The first-order valence-electron chi connectivity index (χ1n) is 4.16. The Kier molecular flexibility index (Phi) is 1.94. The lowest BCUT2D eigenvalue weighted by Crippen LogP contribution is -2.76. The number of hydrogen-bond acceptors (Lipinski definition) is 2. The summed E-state index contributed by atoms with van der Waals surface area (Å²) < 4.78 is 1.65. The molecule has 0 atom stereocenters. The van der Waals surface area contributed by atoms with Gasteiger partial charge in [0.05, 0.1) is 18.0 Å². The molecule has 5 heteroatoms. The van der Waals surface area contributed by atoms with Crippen molar-refractivity contribution in [3.05, 3.63) is 35.9 Å². The van der Waals surface area contributed by atoms with Crippen molar-refractivity contribution in [3.63, 3.8) is 0 Å². The zero-order valence-electron chi connectivity index (χ0n) is 7.64. The molecule has 0 saturated carbocycles. The van der Waals surface area contributed by atoms with E-state index in [1.807, 2.05) is 0 Å². The molecule has 5 nitrogen and oxygen atoms in total. The minimum Gasteiger partial charge on any atom is -0.474 e. The number of nitrogens with two attached hydrogens (primary N) is 1. The average Bonchev–Trinajstić information content (AvgIpc) is 2.70. The Morgan fingerprint density at radius 1 is 1.64 bits per heavy atom. The Hall–Kier alpha value is -1.88. The Bertz CT molecular complexity index is 443. The molecule has 0 fully saturated rings. The van der Waals surface area contributed by atoms with E-state index in [0.717, 1.165) is 5.56 Å². The minimum atomic E-state index is -0.908. The van der Waals surface area contributed by atoms with E-state index in [1.165, 1.54) is 0 Å². The summed E-state index contributed by atoms with van der Waals surface area (Å²) in [4.78, 5) is 10.8. The number of carboxylic acids is 1. The van der Waals surface area contributed by atoms with Gasteiger partial charge in [0, 0.05) is 24.9 Å². The number of quaternary nitrogens is 1. The highest BCUT2D eigenvalue weighted by atomic mass is 16.4. The molecule has 0 radical (unpaired) electrons. The van der Waals surface area contributed by atoms with Gasteiger partial charge >= 0.3 is 5.97 Å². The van der Waals surface area contributed by atoms with E-state index in [0.29, 0.717) is 11.3 Å². The van der Waals surface area contributed by atoms with Gasteiger partial charge in [-0.15, -0.1) is 0 Å². The van der Waals surface area contributed by atoms with Gasteiger partial charge < -0.3 is 5.11 Å². The van der Waals surface area contributed by atoms with Crippen molar-refractivity contribution in [2.45, 2.75) is 0 Å². The van der Waals surface area contributed by atoms with Crippen molar-refractivity contribution in [2.24, 2.45) is 7.05 Å². The van der Waals surface area contributed by atoms with Crippen LogP contribution in [0.2, 0.25) is 0 Å². The van der Waals surface area contributed by atoms with E-state index in [4.69, 9.17) is 5.11 Å². The van der Waals surface area contributed by atoms with Crippen molar-refractivity contribution in [3.8, 4) is 0 Å². The van der Waals surface area contributed by atoms with Crippen molar-refractivity contribution in [1.82, 2.24) is 9.78 Å². The third kappa shape index (κ3) is 1.33. The van der Waals surface area contributed by atoms with Crippen LogP contribution in [-0.2, 0) is 11.8 Å². The zero-order valence-corrected chi connectivity index (χ0v) is 7.64. The van der Waals surface area contributed by atoms with Gasteiger partial charge in [-0.3, -0.25) is 10.00 Å². The summed E-state index contributed by atoms with van der Waals surface area (Å²) >= 11 is 0. The van der Waals surface area contributed by atoms with E-state index in [2.05, 4.69) is 5.10 Å². The number of aliphatic carboxylic acids is 1. The Morgan fingerprint density at radius 3 is 3.00 bits per heavy atom. The molecule has 1 aromatic heterocycles. The van der Waals surface area contributed by atoms with Gasteiger partial charge in [-0.25, -0.2) is 4.79 Å². The fourth-order valence-electron chi connectivity index (χ4n) is 1.42. The summed E-state index contributed by atoms with van der Waals surface area (Å²) in [5.74, 6) is -0.908. The predicted molar refractivity (Wildman–Crippen MR) is 48.8 cm³/mol. The number of rotatable bonds is 2. The van der Waals surface area contributed by atoms with E-state index in [-0.39, 0.29) is 0 Å². The zero-order chi connectivity index (χ0) is 10.1. The second-order valence-corrected chi connectivity index (χ2v) is 3.06. The second-order valence-electron chi connectivity index (χ2n) is 3.06. The fraction of sp³-hybridized carbons (Fsp3) is 0.111. The predicted octanol–water partition coefficient (Wildman–Crippen LogP) is -0.693. The summed E-state index contributed by atoms with van der Waals surface area (Å²) in [6.07, 6.45) is 6.95. The molecule has 3 N–H and O–H groups in total. The number of aromatic nitrogens is 2. The number of carboxylic acid groups (broad SMARTS) is 1. The van der Waals surface area contributed by atoms with Crippen LogP contribution in [0, 0.1) is 0 Å². The highest BCUT2D eigenvalue weighted by Crippen LogP contribution is 2.18. The van der Waals surface area contributed by atoms with Crippen LogP contribution in [-0.4, -0.2) is 20.9 Å². The van der Waals surface area contributed by atoms with Crippen LogP contribution in [0.25, 0.3) is 5.57 Å². The molecule has 0 bridgehead atoms. The highest BCUT2D eigenvalue weighted by Gasteiger charge is 2.22. The van der Waals surface area contributed by atoms with Gasteiger partial charge in [-0.1, -0.05) is 0 Å². The number of allylic oxidation sites excluding steroid dienone is 2. The maximum atomic E-state index is 10.8. The van der Waals surface area contributed by atoms with Crippen molar-refractivity contribution < 1.29 is 15.2 Å². The van der Waals surface area contributed by atoms with Gasteiger partial charge in [0.25, 0.3) is 0 Å².